The van der Waals surface area contributed by atoms with Crippen LogP contribution in [0.25, 0.3) is 0 Å². The van der Waals surface area contributed by atoms with Crippen molar-refractivity contribution in [1.82, 2.24) is 10.3 Å². The van der Waals surface area contributed by atoms with Crippen LogP contribution in [0, 0.1) is 32.1 Å². The van der Waals surface area contributed by atoms with Crippen molar-refractivity contribution in [3.63, 3.8) is 0 Å². The van der Waals surface area contributed by atoms with Crippen LogP contribution in [0.4, 0.5) is 13.2 Å². The Kier molecular flexibility index (Phi) is 6.73. The van der Waals surface area contributed by atoms with E-state index in [4.69, 9.17) is 0 Å². The number of rotatable bonds is 5. The number of aromatic nitrogens is 1. The summed E-state index contributed by atoms with van der Waals surface area (Å²) < 4.78 is 38.5. The number of nitriles is 1. The molecule has 2 rings (SSSR count). The summed E-state index contributed by atoms with van der Waals surface area (Å²) in [5, 5.41) is 12.5. The molecule has 0 aliphatic carbocycles. The van der Waals surface area contributed by atoms with E-state index in [1.165, 1.54) is 12.1 Å². The lowest BCUT2D eigenvalue weighted by Crippen LogP contribution is -2.28. The van der Waals surface area contributed by atoms with Crippen molar-refractivity contribution in [2.24, 2.45) is 0 Å². The molecule has 0 aliphatic rings. The fourth-order valence-electron chi connectivity index (χ4n) is 2.63. The molecule has 0 saturated heterocycles. The molecule has 0 bridgehead atoms. The van der Waals surface area contributed by atoms with Crippen LogP contribution in [-0.4, -0.2) is 16.6 Å². The van der Waals surface area contributed by atoms with Crippen molar-refractivity contribution < 1.29 is 18.0 Å². The number of carbonyl (C=O) groups is 1. The van der Waals surface area contributed by atoms with E-state index in [9.17, 15) is 23.2 Å². The van der Waals surface area contributed by atoms with Crippen molar-refractivity contribution in [2.45, 2.75) is 44.9 Å². The van der Waals surface area contributed by atoms with Gasteiger partial charge in [-0.15, -0.1) is 0 Å². The van der Waals surface area contributed by atoms with Crippen LogP contribution in [0.5, 0.6) is 0 Å². The molecule has 0 fully saturated rings. The Morgan fingerprint density at radius 2 is 1.96 bits per heavy atom. The maximum absolute atomic E-state index is 12.8. The molecule has 1 amide bonds. The SMILES string of the molecule is Cc1nc(SCC(=O)NC(C)c2cccc(C(F)(F)F)c2)c(C#N)c(C)c1C. The largest absolute Gasteiger partial charge is 0.416 e. The summed E-state index contributed by atoms with van der Waals surface area (Å²) >= 11 is 1.14. The third-order valence-corrected chi connectivity index (χ3v) is 5.48. The van der Waals surface area contributed by atoms with Crippen LogP contribution >= 0.6 is 11.8 Å². The summed E-state index contributed by atoms with van der Waals surface area (Å²) in [4.78, 5) is 16.6. The van der Waals surface area contributed by atoms with Gasteiger partial charge in [0.05, 0.1) is 22.9 Å². The zero-order chi connectivity index (χ0) is 21.1. The summed E-state index contributed by atoms with van der Waals surface area (Å²) in [5.74, 6) is -0.344. The van der Waals surface area contributed by atoms with E-state index in [-0.39, 0.29) is 11.7 Å². The number of hydrogen-bond acceptors (Lipinski definition) is 4. The highest BCUT2D eigenvalue weighted by Gasteiger charge is 2.30. The van der Waals surface area contributed by atoms with Gasteiger partial charge in [-0.3, -0.25) is 4.79 Å². The first-order chi connectivity index (χ1) is 13.0. The minimum Gasteiger partial charge on any atom is -0.349 e. The van der Waals surface area contributed by atoms with Crippen molar-refractivity contribution in [3.8, 4) is 6.07 Å². The van der Waals surface area contributed by atoms with Gasteiger partial charge in [0, 0.05) is 5.69 Å². The Balaban J connectivity index is 2.07. The molecule has 1 heterocycles. The lowest BCUT2D eigenvalue weighted by molar-refractivity contribution is -0.137. The molecule has 8 heteroatoms. The van der Waals surface area contributed by atoms with E-state index in [0.29, 0.717) is 16.2 Å². The number of halogens is 3. The average Bonchev–Trinajstić information content (AvgIpc) is 2.64. The summed E-state index contributed by atoms with van der Waals surface area (Å²) in [5.41, 5.74) is 2.60. The van der Waals surface area contributed by atoms with Gasteiger partial charge in [-0.1, -0.05) is 23.9 Å². The van der Waals surface area contributed by atoms with E-state index < -0.39 is 17.8 Å². The third-order valence-electron chi connectivity index (χ3n) is 4.51. The molecule has 1 N–H and O–H groups in total. The molecule has 1 atom stereocenters. The summed E-state index contributed by atoms with van der Waals surface area (Å²) in [7, 11) is 0. The first kappa shape index (κ1) is 21.8. The van der Waals surface area contributed by atoms with Crippen LogP contribution in [0.2, 0.25) is 0 Å². The number of alkyl halides is 3. The Labute approximate surface area is 166 Å². The first-order valence-corrected chi connectivity index (χ1v) is 9.50. The number of nitrogens with zero attached hydrogens (tertiary/aromatic N) is 2. The number of thioether (sulfide) groups is 1. The summed E-state index contributed by atoms with van der Waals surface area (Å²) in [6.07, 6.45) is -4.43. The fraction of sp³-hybridized carbons (Fsp3) is 0.350. The number of amides is 1. The van der Waals surface area contributed by atoms with Crippen LogP contribution in [0.1, 0.15) is 46.5 Å². The monoisotopic (exact) mass is 407 g/mol. The highest BCUT2D eigenvalue weighted by atomic mass is 32.2. The van der Waals surface area contributed by atoms with E-state index in [1.54, 1.807) is 6.92 Å². The van der Waals surface area contributed by atoms with Crippen LogP contribution in [0.15, 0.2) is 29.3 Å². The number of pyridine rings is 1. The maximum atomic E-state index is 12.8. The molecule has 1 unspecified atom stereocenters. The van der Waals surface area contributed by atoms with Gasteiger partial charge in [0.1, 0.15) is 11.1 Å². The van der Waals surface area contributed by atoms with Gasteiger partial charge in [-0.25, -0.2) is 4.98 Å². The fourth-order valence-corrected chi connectivity index (χ4v) is 3.53. The van der Waals surface area contributed by atoms with Crippen LogP contribution < -0.4 is 5.32 Å². The molecule has 0 saturated carbocycles. The highest BCUT2D eigenvalue weighted by molar-refractivity contribution is 8.00. The molecule has 0 spiro atoms. The van der Waals surface area contributed by atoms with Crippen LogP contribution in [0.3, 0.4) is 0 Å². The Morgan fingerprint density at radius 1 is 1.29 bits per heavy atom. The lowest BCUT2D eigenvalue weighted by Gasteiger charge is -2.16. The average molecular weight is 407 g/mol. The molecule has 1 aromatic carbocycles. The molecule has 0 aliphatic heterocycles. The number of hydrogen-bond donors (Lipinski definition) is 1. The smallest absolute Gasteiger partial charge is 0.349 e. The van der Waals surface area contributed by atoms with Crippen molar-refractivity contribution in [3.05, 3.63) is 57.8 Å². The molecule has 0 radical (unpaired) electrons. The summed E-state index contributed by atoms with van der Waals surface area (Å²) in [6.45, 7) is 7.18. The molecule has 28 heavy (non-hydrogen) atoms. The predicted molar refractivity (Wildman–Crippen MR) is 102 cm³/mol. The second-order valence-electron chi connectivity index (χ2n) is 6.44. The van der Waals surface area contributed by atoms with Gasteiger partial charge in [0.15, 0.2) is 0 Å². The number of aryl methyl sites for hydroxylation is 1. The van der Waals surface area contributed by atoms with E-state index in [2.05, 4.69) is 16.4 Å². The van der Waals surface area contributed by atoms with Crippen molar-refractivity contribution in [1.29, 1.82) is 5.26 Å². The summed E-state index contributed by atoms with van der Waals surface area (Å²) in [6, 6.07) is 6.41. The van der Waals surface area contributed by atoms with Gasteiger partial charge < -0.3 is 5.32 Å². The van der Waals surface area contributed by atoms with E-state index in [0.717, 1.165) is 40.7 Å². The normalized spacial score (nSPS) is 12.4. The Morgan fingerprint density at radius 3 is 2.57 bits per heavy atom. The number of carbonyl (C=O) groups excluding carboxylic acids is 1. The van der Waals surface area contributed by atoms with Gasteiger partial charge in [-0.05, 0) is 56.5 Å². The third kappa shape index (κ3) is 5.04. The molecule has 1 aromatic heterocycles. The molecular formula is C20H20F3N3OS. The minimum atomic E-state index is -4.43. The standard InChI is InChI=1S/C20H20F3N3OS/c1-11-12(2)17(9-24)19(26-13(11)3)28-10-18(27)25-14(4)15-6-5-7-16(8-15)20(21,22)23/h5-8,14H,10H2,1-4H3,(H,25,27). The van der Waals surface area contributed by atoms with Gasteiger partial charge in [0.2, 0.25) is 5.91 Å². The van der Waals surface area contributed by atoms with E-state index >= 15 is 0 Å². The minimum absolute atomic E-state index is 0.00687. The maximum Gasteiger partial charge on any atom is 0.416 e. The number of benzene rings is 1. The quantitative estimate of drug-likeness (QED) is 0.719. The highest BCUT2D eigenvalue weighted by Crippen LogP contribution is 2.31. The van der Waals surface area contributed by atoms with Gasteiger partial charge in [-0.2, -0.15) is 18.4 Å². The van der Waals surface area contributed by atoms with Crippen LogP contribution in [-0.2, 0) is 11.0 Å². The topological polar surface area (TPSA) is 65.8 Å². The second kappa shape index (κ2) is 8.65. The Hall–Kier alpha value is -2.53. The molecule has 2 aromatic rings. The second-order valence-corrected chi connectivity index (χ2v) is 7.40. The zero-order valence-electron chi connectivity index (χ0n) is 15.9. The first-order valence-electron chi connectivity index (χ1n) is 8.51. The number of nitrogens with one attached hydrogen (secondary N) is 1. The van der Waals surface area contributed by atoms with Gasteiger partial charge in [0.25, 0.3) is 0 Å². The molecular weight excluding hydrogens is 387 g/mol. The van der Waals surface area contributed by atoms with E-state index in [1.807, 2.05) is 20.8 Å². The molecule has 148 valence electrons. The Bertz CT molecular complexity index is 936. The van der Waals surface area contributed by atoms with Crippen molar-refractivity contribution >= 4 is 17.7 Å². The molecule has 4 nitrogen and oxygen atoms in total. The predicted octanol–water partition coefficient (Wildman–Crippen LogP) is 4.87. The van der Waals surface area contributed by atoms with Gasteiger partial charge >= 0.3 is 6.18 Å². The van der Waals surface area contributed by atoms with Crippen molar-refractivity contribution in [2.75, 3.05) is 5.75 Å². The zero-order valence-corrected chi connectivity index (χ0v) is 16.8. The lowest BCUT2D eigenvalue weighted by atomic mass is 10.0.